The smallest absolute Gasteiger partial charge is 0.240 e. The third-order valence-electron chi connectivity index (χ3n) is 5.06. The Labute approximate surface area is 158 Å². The fourth-order valence-corrected chi connectivity index (χ4v) is 4.92. The second-order valence-electron chi connectivity index (χ2n) is 6.62. The number of hydrogen-bond donors (Lipinski definition) is 1. The third kappa shape index (κ3) is 3.87. The molecule has 2 aromatic carbocycles. The summed E-state index contributed by atoms with van der Waals surface area (Å²) >= 11 is 5.72. The Morgan fingerprint density at radius 3 is 2.38 bits per heavy atom. The van der Waals surface area contributed by atoms with Crippen LogP contribution in [0.15, 0.2) is 47.4 Å². The fraction of sp³-hybridized carbons (Fsp3) is 0.368. The molecular weight excluding hydrogens is 377 g/mol. The van der Waals surface area contributed by atoms with Gasteiger partial charge in [-0.3, -0.25) is 0 Å². The van der Waals surface area contributed by atoms with E-state index in [0.29, 0.717) is 0 Å². The molecular formula is C19H21ClFNO3S. The molecule has 140 valence electrons. The summed E-state index contributed by atoms with van der Waals surface area (Å²) in [6.45, 7) is 0.288. The standard InChI is InChI=1S/C19H21ClFNO3S/c1-25-15-6-4-14(5-7-15)19(10-2-3-11-19)13-22-26(23,24)16-8-9-18(21)17(20)12-16/h4-9,12,22H,2-3,10-11,13H2,1H3. The van der Waals surface area contributed by atoms with Crippen LogP contribution in [0.25, 0.3) is 0 Å². The zero-order valence-electron chi connectivity index (χ0n) is 14.5. The lowest BCUT2D eigenvalue weighted by atomic mass is 9.79. The molecule has 1 aliphatic rings. The van der Waals surface area contributed by atoms with Crippen molar-refractivity contribution in [3.63, 3.8) is 0 Å². The maximum Gasteiger partial charge on any atom is 0.240 e. The molecule has 0 aliphatic heterocycles. The van der Waals surface area contributed by atoms with E-state index in [1.54, 1.807) is 7.11 Å². The molecule has 0 atom stereocenters. The number of ether oxygens (including phenoxy) is 1. The second kappa shape index (κ2) is 7.55. The highest BCUT2D eigenvalue weighted by Gasteiger charge is 2.36. The van der Waals surface area contributed by atoms with Crippen molar-refractivity contribution in [1.29, 1.82) is 0 Å². The number of benzene rings is 2. The minimum Gasteiger partial charge on any atom is -0.497 e. The van der Waals surface area contributed by atoms with Gasteiger partial charge in [-0.2, -0.15) is 0 Å². The first-order chi connectivity index (χ1) is 12.4. The fourth-order valence-electron chi connectivity index (χ4n) is 3.52. The second-order valence-corrected chi connectivity index (χ2v) is 8.79. The molecule has 0 aromatic heterocycles. The van der Waals surface area contributed by atoms with Crippen LogP contribution in [0.4, 0.5) is 4.39 Å². The molecule has 1 saturated carbocycles. The SMILES string of the molecule is COc1ccc(C2(CNS(=O)(=O)c3ccc(F)c(Cl)c3)CCCC2)cc1. The molecule has 1 N–H and O–H groups in total. The van der Waals surface area contributed by atoms with Crippen LogP contribution in [0.1, 0.15) is 31.2 Å². The Balaban J connectivity index is 1.83. The number of rotatable bonds is 6. The third-order valence-corrected chi connectivity index (χ3v) is 6.75. The lowest BCUT2D eigenvalue weighted by molar-refractivity contribution is 0.410. The summed E-state index contributed by atoms with van der Waals surface area (Å²) in [5, 5.41) is -0.210. The van der Waals surface area contributed by atoms with Gasteiger partial charge in [-0.05, 0) is 48.7 Å². The van der Waals surface area contributed by atoms with Crippen molar-refractivity contribution in [3.8, 4) is 5.75 Å². The number of nitrogens with one attached hydrogen (secondary N) is 1. The van der Waals surface area contributed by atoms with Gasteiger partial charge in [-0.15, -0.1) is 0 Å². The van der Waals surface area contributed by atoms with Crippen LogP contribution in [0.3, 0.4) is 0 Å². The van der Waals surface area contributed by atoms with Crippen LogP contribution in [0.5, 0.6) is 5.75 Å². The quantitative estimate of drug-likeness (QED) is 0.791. The molecule has 0 amide bonds. The summed E-state index contributed by atoms with van der Waals surface area (Å²) in [7, 11) is -2.16. The van der Waals surface area contributed by atoms with Crippen LogP contribution < -0.4 is 9.46 Å². The molecule has 0 radical (unpaired) electrons. The Morgan fingerprint density at radius 1 is 1.15 bits per heavy atom. The average molecular weight is 398 g/mol. The number of halogens is 2. The van der Waals surface area contributed by atoms with Gasteiger partial charge in [0.2, 0.25) is 10.0 Å². The summed E-state index contributed by atoms with van der Waals surface area (Å²) in [6.07, 6.45) is 3.92. The topological polar surface area (TPSA) is 55.4 Å². The summed E-state index contributed by atoms with van der Waals surface area (Å²) in [6, 6.07) is 11.2. The van der Waals surface area contributed by atoms with Gasteiger partial charge in [0, 0.05) is 12.0 Å². The van der Waals surface area contributed by atoms with Gasteiger partial charge in [0.15, 0.2) is 0 Å². The molecule has 7 heteroatoms. The highest BCUT2D eigenvalue weighted by Crippen LogP contribution is 2.41. The van der Waals surface area contributed by atoms with Crippen LogP contribution in [-0.4, -0.2) is 22.1 Å². The van der Waals surface area contributed by atoms with Gasteiger partial charge < -0.3 is 4.74 Å². The van der Waals surface area contributed by atoms with E-state index in [9.17, 15) is 12.8 Å². The van der Waals surface area contributed by atoms with E-state index in [-0.39, 0.29) is 21.9 Å². The molecule has 26 heavy (non-hydrogen) atoms. The molecule has 4 nitrogen and oxygen atoms in total. The van der Waals surface area contributed by atoms with Crippen LogP contribution in [0.2, 0.25) is 5.02 Å². The number of sulfonamides is 1. The molecule has 1 fully saturated rings. The number of methoxy groups -OCH3 is 1. The first-order valence-corrected chi connectivity index (χ1v) is 10.3. The molecule has 0 unspecified atom stereocenters. The first kappa shape index (κ1) is 19.1. The van der Waals surface area contributed by atoms with Crippen LogP contribution in [-0.2, 0) is 15.4 Å². The largest absolute Gasteiger partial charge is 0.497 e. The molecule has 1 aliphatic carbocycles. The lowest BCUT2D eigenvalue weighted by Gasteiger charge is -2.30. The summed E-state index contributed by atoms with van der Waals surface area (Å²) < 4.78 is 46.4. The van der Waals surface area contributed by atoms with Crippen molar-refractivity contribution < 1.29 is 17.5 Å². The number of hydrogen-bond acceptors (Lipinski definition) is 3. The molecule has 0 spiro atoms. The van der Waals surface area contributed by atoms with E-state index in [2.05, 4.69) is 4.72 Å². The van der Waals surface area contributed by atoms with Gasteiger partial charge in [-0.25, -0.2) is 17.5 Å². The van der Waals surface area contributed by atoms with Gasteiger partial charge in [0.05, 0.1) is 17.0 Å². The Morgan fingerprint density at radius 2 is 1.81 bits per heavy atom. The zero-order chi connectivity index (χ0) is 18.8. The summed E-state index contributed by atoms with van der Waals surface area (Å²) in [4.78, 5) is -0.0354. The van der Waals surface area contributed by atoms with E-state index in [1.165, 1.54) is 6.07 Å². The first-order valence-electron chi connectivity index (χ1n) is 8.46. The molecule has 0 saturated heterocycles. The van der Waals surface area contributed by atoms with Crippen molar-refractivity contribution in [2.24, 2.45) is 0 Å². The van der Waals surface area contributed by atoms with Crippen molar-refractivity contribution in [3.05, 3.63) is 58.9 Å². The molecule has 0 heterocycles. The highest BCUT2D eigenvalue weighted by atomic mass is 35.5. The predicted molar refractivity (Wildman–Crippen MR) is 99.7 cm³/mol. The van der Waals surface area contributed by atoms with E-state index >= 15 is 0 Å². The van der Waals surface area contributed by atoms with Gasteiger partial charge in [0.1, 0.15) is 11.6 Å². The normalized spacial score (nSPS) is 16.6. The maximum atomic E-state index is 13.3. The Hall–Kier alpha value is -1.63. The van der Waals surface area contributed by atoms with E-state index in [1.807, 2.05) is 24.3 Å². The molecule has 2 aromatic rings. The van der Waals surface area contributed by atoms with Crippen molar-refractivity contribution in [2.75, 3.05) is 13.7 Å². The van der Waals surface area contributed by atoms with Crippen molar-refractivity contribution >= 4 is 21.6 Å². The Bertz CT molecular complexity index is 878. The van der Waals surface area contributed by atoms with Gasteiger partial charge >= 0.3 is 0 Å². The maximum absolute atomic E-state index is 13.3. The van der Waals surface area contributed by atoms with Gasteiger partial charge in [-0.1, -0.05) is 36.6 Å². The monoisotopic (exact) mass is 397 g/mol. The van der Waals surface area contributed by atoms with Crippen molar-refractivity contribution in [1.82, 2.24) is 4.72 Å². The van der Waals surface area contributed by atoms with E-state index < -0.39 is 15.8 Å². The minimum absolute atomic E-state index is 0.0354. The van der Waals surface area contributed by atoms with Gasteiger partial charge in [0.25, 0.3) is 0 Å². The molecule has 0 bridgehead atoms. The molecule has 3 rings (SSSR count). The highest BCUT2D eigenvalue weighted by molar-refractivity contribution is 7.89. The van der Waals surface area contributed by atoms with Crippen LogP contribution in [0, 0.1) is 5.82 Å². The Kier molecular flexibility index (Phi) is 5.55. The average Bonchev–Trinajstić information content (AvgIpc) is 3.13. The van der Waals surface area contributed by atoms with Crippen LogP contribution >= 0.6 is 11.6 Å². The van der Waals surface area contributed by atoms with E-state index in [0.717, 1.165) is 49.1 Å². The van der Waals surface area contributed by atoms with Crippen molar-refractivity contribution in [2.45, 2.75) is 36.0 Å². The minimum atomic E-state index is -3.77. The summed E-state index contributed by atoms with van der Waals surface area (Å²) in [5.74, 6) is 0.125. The lowest BCUT2D eigenvalue weighted by Crippen LogP contribution is -2.39. The summed E-state index contributed by atoms with van der Waals surface area (Å²) in [5.41, 5.74) is 0.846. The zero-order valence-corrected chi connectivity index (χ0v) is 16.0. The predicted octanol–water partition coefficient (Wildman–Crippen LogP) is 4.28. The van der Waals surface area contributed by atoms with E-state index in [4.69, 9.17) is 16.3 Å².